The first kappa shape index (κ1) is 14.3. The zero-order chi connectivity index (χ0) is 13.7. The molecule has 0 spiro atoms. The molecule has 1 radical (unpaired) electrons. The van der Waals surface area contributed by atoms with Crippen molar-refractivity contribution < 1.29 is 14.3 Å². The number of carbonyl (C=O) groups is 2. The minimum Gasteiger partial charge on any atom is -0.465 e. The van der Waals surface area contributed by atoms with Gasteiger partial charge in [-0.2, -0.15) is 0 Å². The van der Waals surface area contributed by atoms with Crippen molar-refractivity contribution in [3.63, 3.8) is 0 Å². The Labute approximate surface area is 106 Å². The van der Waals surface area contributed by atoms with Crippen LogP contribution >= 0.6 is 0 Å². The average molecular weight is 249 g/mol. The second kappa shape index (κ2) is 6.26. The summed E-state index contributed by atoms with van der Waals surface area (Å²) in [6.07, 6.45) is 4.46. The molecule has 1 aromatic heterocycles. The van der Waals surface area contributed by atoms with Gasteiger partial charge in [0.25, 0.3) is 0 Å². The van der Waals surface area contributed by atoms with E-state index in [4.69, 9.17) is 5.73 Å². The van der Waals surface area contributed by atoms with Gasteiger partial charge in [0.2, 0.25) is 0 Å². The molecule has 0 aliphatic heterocycles. The monoisotopic (exact) mass is 249 g/mol. The highest BCUT2D eigenvalue weighted by Crippen LogP contribution is 2.13. The molecule has 5 heteroatoms. The maximum Gasteiger partial charge on any atom is 0.338 e. The van der Waals surface area contributed by atoms with Crippen LogP contribution in [0.15, 0.2) is 12.3 Å². The van der Waals surface area contributed by atoms with E-state index < -0.39 is 12.0 Å². The lowest BCUT2D eigenvalue weighted by Gasteiger charge is -2.14. The Balaban J connectivity index is 3.02. The van der Waals surface area contributed by atoms with Crippen LogP contribution in [0.25, 0.3) is 0 Å². The van der Waals surface area contributed by atoms with Gasteiger partial charge >= 0.3 is 5.97 Å². The van der Waals surface area contributed by atoms with Crippen LogP contribution in [0.4, 0.5) is 0 Å². The van der Waals surface area contributed by atoms with Crippen LogP contribution in [0, 0.1) is 12.1 Å². The van der Waals surface area contributed by atoms with Crippen LogP contribution in [0.1, 0.15) is 41.0 Å². The summed E-state index contributed by atoms with van der Waals surface area (Å²) in [6, 6.07) is 0.770. The van der Waals surface area contributed by atoms with Gasteiger partial charge in [0.1, 0.15) is 6.20 Å². The van der Waals surface area contributed by atoms with Crippen LogP contribution in [-0.2, 0) is 4.74 Å². The smallest absolute Gasteiger partial charge is 0.338 e. The molecule has 1 heterocycles. The second-order valence-corrected chi connectivity index (χ2v) is 4.44. The number of ketones is 1. The predicted octanol–water partition coefficient (Wildman–Crippen LogP) is 1.22. The number of esters is 1. The SMILES string of the molecule is COC(=O)c1ccn[c]c1C(=O)[C@@H](N)CC(C)C. The number of hydrogen-bond donors (Lipinski definition) is 1. The fraction of sp³-hybridized carbons (Fsp3) is 0.462. The number of pyridine rings is 1. The summed E-state index contributed by atoms with van der Waals surface area (Å²) in [4.78, 5) is 27.4. The third-order valence-electron chi connectivity index (χ3n) is 2.48. The average Bonchev–Trinajstić information content (AvgIpc) is 2.36. The number of hydrogen-bond acceptors (Lipinski definition) is 5. The van der Waals surface area contributed by atoms with Crippen molar-refractivity contribution in [2.75, 3.05) is 7.11 Å². The minimum atomic E-state index is -0.658. The van der Waals surface area contributed by atoms with Crippen LogP contribution in [0.5, 0.6) is 0 Å². The molecular weight excluding hydrogens is 232 g/mol. The van der Waals surface area contributed by atoms with E-state index in [0.29, 0.717) is 12.3 Å². The molecule has 0 bridgehead atoms. The van der Waals surface area contributed by atoms with E-state index in [1.165, 1.54) is 19.4 Å². The van der Waals surface area contributed by atoms with E-state index >= 15 is 0 Å². The zero-order valence-electron chi connectivity index (χ0n) is 10.8. The molecule has 1 aromatic rings. The van der Waals surface area contributed by atoms with Gasteiger partial charge in [-0.25, -0.2) is 4.79 Å². The van der Waals surface area contributed by atoms with E-state index in [1.807, 2.05) is 13.8 Å². The molecule has 0 amide bonds. The van der Waals surface area contributed by atoms with Gasteiger partial charge in [0.05, 0.1) is 24.3 Å². The van der Waals surface area contributed by atoms with Crippen LogP contribution < -0.4 is 5.73 Å². The summed E-state index contributed by atoms with van der Waals surface area (Å²) in [5.41, 5.74) is 6.06. The molecule has 0 unspecified atom stereocenters. The lowest BCUT2D eigenvalue weighted by atomic mass is 9.95. The number of nitrogens with two attached hydrogens (primary N) is 1. The maximum absolute atomic E-state index is 12.1. The first-order chi connectivity index (χ1) is 8.47. The number of Topliss-reactive ketones (excluding diaryl/α,β-unsaturated/α-hetero) is 1. The number of carbonyl (C=O) groups excluding carboxylic acids is 2. The molecule has 1 rings (SSSR count). The molecular formula is C13H17N2O3. The van der Waals surface area contributed by atoms with E-state index in [2.05, 4.69) is 15.9 Å². The van der Waals surface area contributed by atoms with Crippen LogP contribution in [0.2, 0.25) is 0 Å². The largest absolute Gasteiger partial charge is 0.465 e. The highest BCUT2D eigenvalue weighted by Gasteiger charge is 2.23. The zero-order valence-corrected chi connectivity index (χ0v) is 10.8. The third-order valence-corrected chi connectivity index (χ3v) is 2.48. The minimum absolute atomic E-state index is 0.0949. The summed E-state index contributed by atoms with van der Waals surface area (Å²) >= 11 is 0. The van der Waals surface area contributed by atoms with Crippen LogP contribution in [0.3, 0.4) is 0 Å². The molecule has 2 N–H and O–H groups in total. The summed E-state index contributed by atoms with van der Waals surface area (Å²) < 4.78 is 4.61. The Morgan fingerprint density at radius 3 is 2.72 bits per heavy atom. The Kier molecular flexibility index (Phi) is 4.97. The Morgan fingerprint density at radius 2 is 2.17 bits per heavy atom. The number of nitrogens with zero attached hydrogens (tertiary/aromatic N) is 1. The fourth-order valence-electron chi connectivity index (χ4n) is 1.63. The van der Waals surface area contributed by atoms with E-state index in [0.717, 1.165) is 0 Å². The molecule has 0 aromatic carbocycles. The van der Waals surface area contributed by atoms with Crippen LogP contribution in [-0.4, -0.2) is 29.9 Å². The number of rotatable bonds is 5. The molecule has 0 saturated carbocycles. The Morgan fingerprint density at radius 1 is 1.50 bits per heavy atom. The maximum atomic E-state index is 12.1. The molecule has 5 nitrogen and oxygen atoms in total. The Hall–Kier alpha value is -1.75. The number of aromatic nitrogens is 1. The Bertz CT molecular complexity index is 444. The van der Waals surface area contributed by atoms with Gasteiger partial charge in [-0.15, -0.1) is 0 Å². The third kappa shape index (κ3) is 3.37. The molecule has 1 atom stereocenters. The molecule has 0 fully saturated rings. The van der Waals surface area contributed by atoms with Crippen molar-refractivity contribution in [2.45, 2.75) is 26.3 Å². The molecule has 0 aliphatic carbocycles. The molecule has 0 aliphatic rings. The van der Waals surface area contributed by atoms with Crippen molar-refractivity contribution in [3.8, 4) is 0 Å². The lowest BCUT2D eigenvalue weighted by Crippen LogP contribution is -2.33. The van der Waals surface area contributed by atoms with Gasteiger partial charge < -0.3 is 10.5 Å². The van der Waals surface area contributed by atoms with Crippen molar-refractivity contribution in [2.24, 2.45) is 11.7 Å². The highest BCUT2D eigenvalue weighted by molar-refractivity contribution is 6.08. The first-order valence-corrected chi connectivity index (χ1v) is 5.72. The highest BCUT2D eigenvalue weighted by atomic mass is 16.5. The normalized spacial score (nSPS) is 12.3. The van der Waals surface area contributed by atoms with E-state index in [1.54, 1.807) is 0 Å². The summed E-state index contributed by atoms with van der Waals surface area (Å²) in [7, 11) is 1.26. The fourth-order valence-corrected chi connectivity index (χ4v) is 1.63. The molecule has 18 heavy (non-hydrogen) atoms. The van der Waals surface area contributed by atoms with E-state index in [9.17, 15) is 9.59 Å². The van der Waals surface area contributed by atoms with Gasteiger partial charge in [0, 0.05) is 6.20 Å². The summed E-state index contributed by atoms with van der Waals surface area (Å²) in [5.74, 6) is -0.631. The van der Waals surface area contributed by atoms with Crippen molar-refractivity contribution in [1.29, 1.82) is 0 Å². The molecule has 97 valence electrons. The first-order valence-electron chi connectivity index (χ1n) is 5.72. The predicted molar refractivity (Wildman–Crippen MR) is 66.2 cm³/mol. The molecule has 0 saturated heterocycles. The quantitative estimate of drug-likeness (QED) is 0.626. The summed E-state index contributed by atoms with van der Waals surface area (Å²) in [6.45, 7) is 3.95. The van der Waals surface area contributed by atoms with Crippen molar-refractivity contribution >= 4 is 11.8 Å². The van der Waals surface area contributed by atoms with E-state index in [-0.39, 0.29) is 16.9 Å². The topological polar surface area (TPSA) is 82.3 Å². The second-order valence-electron chi connectivity index (χ2n) is 4.44. The summed E-state index contributed by atoms with van der Waals surface area (Å²) in [5, 5.41) is 0. The van der Waals surface area contributed by atoms with Crippen molar-refractivity contribution in [3.05, 3.63) is 29.6 Å². The number of ether oxygens (including phenoxy) is 1. The van der Waals surface area contributed by atoms with Gasteiger partial charge in [0.15, 0.2) is 5.78 Å². The van der Waals surface area contributed by atoms with Gasteiger partial charge in [-0.05, 0) is 18.4 Å². The number of methoxy groups -OCH3 is 1. The van der Waals surface area contributed by atoms with Gasteiger partial charge in [-0.3, -0.25) is 9.78 Å². The van der Waals surface area contributed by atoms with Gasteiger partial charge in [-0.1, -0.05) is 13.8 Å². The lowest BCUT2D eigenvalue weighted by molar-refractivity contribution is 0.0596. The standard InChI is InChI=1S/C13H17N2O3/c1-8(2)6-11(14)12(16)10-7-15-5-4-9(10)13(17)18-3/h4-5,8,11H,6,14H2,1-3H3/t11-/m0/s1. The van der Waals surface area contributed by atoms with Crippen molar-refractivity contribution in [1.82, 2.24) is 4.98 Å².